The molecule has 2 aromatic heterocycles. The van der Waals surface area contributed by atoms with Crippen molar-refractivity contribution in [3.63, 3.8) is 0 Å². The second-order valence-electron chi connectivity index (χ2n) is 8.81. The number of thiophene rings is 1. The van der Waals surface area contributed by atoms with E-state index in [1.165, 1.54) is 17.5 Å². The van der Waals surface area contributed by atoms with Crippen LogP contribution in [-0.2, 0) is 4.79 Å². The highest BCUT2D eigenvalue weighted by molar-refractivity contribution is 7.17. The molecule has 36 heavy (non-hydrogen) atoms. The van der Waals surface area contributed by atoms with Crippen molar-refractivity contribution >= 4 is 56.3 Å². The number of nitrogens with one attached hydrogen (secondary N) is 3. The fourth-order valence-electron chi connectivity index (χ4n) is 4.20. The number of amides is 3. The number of hydrogen-bond acceptors (Lipinski definition) is 6. The predicted molar refractivity (Wildman–Crippen MR) is 142 cm³/mol. The minimum absolute atomic E-state index is 0.00727. The molecule has 0 bridgehead atoms. The first-order chi connectivity index (χ1) is 17.4. The van der Waals surface area contributed by atoms with Crippen molar-refractivity contribution in [2.45, 2.75) is 19.4 Å². The Bertz CT molecular complexity index is 1480. The van der Waals surface area contributed by atoms with Gasteiger partial charge >= 0.3 is 0 Å². The van der Waals surface area contributed by atoms with E-state index < -0.39 is 0 Å². The lowest BCUT2D eigenvalue weighted by atomic mass is 10.1. The number of carbonyl (C=O) groups is 3. The number of likely N-dealkylation sites (tertiary alicyclic amines) is 1. The molecule has 0 spiro atoms. The molecule has 1 aliphatic rings. The van der Waals surface area contributed by atoms with Crippen LogP contribution in [0.25, 0.3) is 10.1 Å². The Labute approximate surface area is 212 Å². The number of likely N-dealkylation sites (N-methyl/N-ethyl adjacent to an activating group) is 1. The molecule has 8 nitrogen and oxygen atoms in total. The molecule has 0 saturated carbocycles. The van der Waals surface area contributed by atoms with Crippen LogP contribution in [0.5, 0.6) is 0 Å². The van der Waals surface area contributed by atoms with Crippen molar-refractivity contribution in [2.75, 3.05) is 24.2 Å². The molecule has 4 aromatic rings. The van der Waals surface area contributed by atoms with Crippen LogP contribution in [0.15, 0.2) is 66.2 Å². The lowest BCUT2D eigenvalue weighted by molar-refractivity contribution is -0.126. The first-order valence-electron chi connectivity index (χ1n) is 11.5. The van der Waals surface area contributed by atoms with E-state index in [0.29, 0.717) is 23.6 Å². The predicted octanol–water partition coefficient (Wildman–Crippen LogP) is 4.56. The summed E-state index contributed by atoms with van der Waals surface area (Å²) in [7, 11) is 1.71. The topological polar surface area (TPSA) is 103 Å². The first kappa shape index (κ1) is 23.5. The molecular formula is C27H25N5O3S. The minimum atomic E-state index is -0.352. The Kier molecular flexibility index (Phi) is 6.39. The average Bonchev–Trinajstić information content (AvgIpc) is 3.44. The van der Waals surface area contributed by atoms with Gasteiger partial charge in [-0.15, -0.1) is 11.3 Å². The Morgan fingerprint density at radius 1 is 1.06 bits per heavy atom. The quantitative estimate of drug-likeness (QED) is 0.361. The number of aromatic nitrogens is 1. The highest BCUT2D eigenvalue weighted by Crippen LogP contribution is 2.30. The Hall–Kier alpha value is -4.24. The molecule has 3 N–H and O–H groups in total. The van der Waals surface area contributed by atoms with Crippen molar-refractivity contribution in [3.05, 3.63) is 82.9 Å². The van der Waals surface area contributed by atoms with Gasteiger partial charge in [-0.05, 0) is 30.7 Å². The Morgan fingerprint density at radius 3 is 2.61 bits per heavy atom. The van der Waals surface area contributed by atoms with Crippen LogP contribution in [0.1, 0.15) is 32.7 Å². The standard InChI is InChI=1S/C27H25N5O3S/c1-16-7-3-5-9-21(16)30-25-22(31-27(35)20-15-36-23-10-6-4-8-19(20)23)11-17(13-28-25)26(34)29-18-12-24(33)32(2)14-18/h3-11,13,15,18H,12,14H2,1-2H3,(H,28,30)(H,29,34)(H,31,35)/t18-/m1/s1. The maximum atomic E-state index is 13.3. The number of carbonyl (C=O) groups excluding carboxylic acids is 3. The second-order valence-corrected chi connectivity index (χ2v) is 9.72. The number of hydrogen-bond donors (Lipinski definition) is 3. The summed E-state index contributed by atoms with van der Waals surface area (Å²) < 4.78 is 1.02. The maximum absolute atomic E-state index is 13.3. The molecule has 0 unspecified atom stereocenters. The number of rotatable bonds is 6. The van der Waals surface area contributed by atoms with E-state index in [2.05, 4.69) is 20.9 Å². The van der Waals surface area contributed by atoms with E-state index in [1.807, 2.05) is 60.8 Å². The van der Waals surface area contributed by atoms with Gasteiger partial charge < -0.3 is 20.9 Å². The van der Waals surface area contributed by atoms with Crippen molar-refractivity contribution in [2.24, 2.45) is 0 Å². The van der Waals surface area contributed by atoms with E-state index in [9.17, 15) is 14.4 Å². The summed E-state index contributed by atoms with van der Waals surface area (Å²) in [6.07, 6.45) is 1.73. The second kappa shape index (κ2) is 9.79. The number of nitrogens with zero attached hydrogens (tertiary/aromatic N) is 2. The molecule has 9 heteroatoms. The number of fused-ring (bicyclic) bond motifs is 1. The first-order valence-corrected chi connectivity index (χ1v) is 12.4. The maximum Gasteiger partial charge on any atom is 0.257 e. The zero-order chi connectivity index (χ0) is 25.2. The number of aryl methyl sites for hydroxylation is 1. The third kappa shape index (κ3) is 4.78. The summed E-state index contributed by atoms with van der Waals surface area (Å²) in [5, 5.41) is 11.8. The average molecular weight is 500 g/mol. The van der Waals surface area contributed by atoms with Crippen LogP contribution in [0.4, 0.5) is 17.2 Å². The summed E-state index contributed by atoms with van der Waals surface area (Å²) in [4.78, 5) is 44.2. The monoisotopic (exact) mass is 499 g/mol. The van der Waals surface area contributed by atoms with Gasteiger partial charge in [0, 0.05) is 47.4 Å². The zero-order valence-corrected chi connectivity index (χ0v) is 20.7. The van der Waals surface area contributed by atoms with Gasteiger partial charge in [0.05, 0.1) is 22.9 Å². The number of anilines is 3. The van der Waals surface area contributed by atoms with Gasteiger partial charge in [-0.25, -0.2) is 4.98 Å². The van der Waals surface area contributed by atoms with Crippen molar-refractivity contribution in [1.29, 1.82) is 0 Å². The minimum Gasteiger partial charge on any atom is -0.347 e. The SMILES string of the molecule is Cc1ccccc1Nc1ncc(C(=O)N[C@@H]2CC(=O)N(C)C2)cc1NC(=O)c1csc2ccccc12. The third-order valence-electron chi connectivity index (χ3n) is 6.20. The van der Waals surface area contributed by atoms with Crippen LogP contribution >= 0.6 is 11.3 Å². The van der Waals surface area contributed by atoms with Crippen LogP contribution in [0, 0.1) is 6.92 Å². The van der Waals surface area contributed by atoms with Crippen molar-refractivity contribution in [1.82, 2.24) is 15.2 Å². The van der Waals surface area contributed by atoms with E-state index in [1.54, 1.807) is 18.0 Å². The lowest BCUT2D eigenvalue weighted by Crippen LogP contribution is -2.36. The molecule has 0 aliphatic carbocycles. The molecular weight excluding hydrogens is 474 g/mol. The smallest absolute Gasteiger partial charge is 0.257 e. The van der Waals surface area contributed by atoms with Gasteiger partial charge in [-0.3, -0.25) is 14.4 Å². The molecule has 3 heterocycles. The van der Waals surface area contributed by atoms with Crippen LogP contribution < -0.4 is 16.0 Å². The van der Waals surface area contributed by atoms with Gasteiger partial charge in [-0.2, -0.15) is 0 Å². The number of pyridine rings is 1. The molecule has 3 amide bonds. The van der Waals surface area contributed by atoms with E-state index in [0.717, 1.165) is 21.3 Å². The highest BCUT2D eigenvalue weighted by Gasteiger charge is 2.28. The van der Waals surface area contributed by atoms with Gasteiger partial charge in [0.1, 0.15) is 0 Å². The van der Waals surface area contributed by atoms with Gasteiger partial charge in [-0.1, -0.05) is 36.4 Å². The molecule has 182 valence electrons. The number of para-hydroxylation sites is 1. The van der Waals surface area contributed by atoms with Gasteiger partial charge in [0.2, 0.25) is 5.91 Å². The molecule has 5 rings (SSSR count). The molecule has 1 aliphatic heterocycles. The van der Waals surface area contributed by atoms with Crippen LogP contribution in [0.2, 0.25) is 0 Å². The molecule has 2 aromatic carbocycles. The van der Waals surface area contributed by atoms with E-state index in [-0.39, 0.29) is 35.7 Å². The summed E-state index contributed by atoms with van der Waals surface area (Å²) in [5.41, 5.74) is 3.08. The van der Waals surface area contributed by atoms with E-state index >= 15 is 0 Å². The molecule has 1 atom stereocenters. The fraction of sp³-hybridized carbons (Fsp3) is 0.185. The summed E-state index contributed by atoms with van der Waals surface area (Å²) >= 11 is 1.50. The van der Waals surface area contributed by atoms with Gasteiger partial charge in [0.25, 0.3) is 11.8 Å². The number of benzene rings is 2. The van der Waals surface area contributed by atoms with E-state index in [4.69, 9.17) is 0 Å². The highest BCUT2D eigenvalue weighted by atomic mass is 32.1. The summed E-state index contributed by atoms with van der Waals surface area (Å²) in [6, 6.07) is 16.8. The van der Waals surface area contributed by atoms with Gasteiger partial charge in [0.15, 0.2) is 5.82 Å². The third-order valence-corrected chi connectivity index (χ3v) is 7.16. The molecule has 1 fully saturated rings. The molecule has 1 saturated heterocycles. The van der Waals surface area contributed by atoms with Crippen LogP contribution in [0.3, 0.4) is 0 Å². The fourth-order valence-corrected chi connectivity index (χ4v) is 5.14. The Morgan fingerprint density at radius 2 is 1.83 bits per heavy atom. The zero-order valence-electron chi connectivity index (χ0n) is 19.9. The normalized spacial score (nSPS) is 15.2. The Balaban J connectivity index is 1.45. The van der Waals surface area contributed by atoms with Crippen molar-refractivity contribution < 1.29 is 14.4 Å². The van der Waals surface area contributed by atoms with Crippen molar-refractivity contribution in [3.8, 4) is 0 Å². The summed E-state index contributed by atoms with van der Waals surface area (Å²) in [5.74, 6) is -0.228. The largest absolute Gasteiger partial charge is 0.347 e. The molecule has 0 radical (unpaired) electrons. The lowest BCUT2D eigenvalue weighted by Gasteiger charge is -2.16. The summed E-state index contributed by atoms with van der Waals surface area (Å²) in [6.45, 7) is 2.43. The van der Waals surface area contributed by atoms with Crippen LogP contribution in [-0.4, -0.2) is 47.2 Å².